The lowest BCUT2D eigenvalue weighted by molar-refractivity contribution is 0.0469. The van der Waals surface area contributed by atoms with E-state index in [1.54, 1.807) is 25.1 Å². The molecular formula is C13H17BrClNO2. The molecule has 0 saturated heterocycles. The van der Waals surface area contributed by atoms with Gasteiger partial charge in [-0.25, -0.2) is 0 Å². The van der Waals surface area contributed by atoms with Crippen LogP contribution in [0.2, 0.25) is 5.02 Å². The van der Waals surface area contributed by atoms with E-state index in [1.807, 2.05) is 6.92 Å². The van der Waals surface area contributed by atoms with Crippen LogP contribution in [0.15, 0.2) is 22.7 Å². The fourth-order valence-electron chi connectivity index (χ4n) is 1.66. The second-order valence-electron chi connectivity index (χ2n) is 4.55. The third-order valence-corrected chi connectivity index (χ3v) is 3.52. The van der Waals surface area contributed by atoms with Gasteiger partial charge in [-0.15, -0.1) is 0 Å². The molecule has 1 unspecified atom stereocenters. The molecule has 1 rings (SSSR count). The molecule has 0 heterocycles. The lowest BCUT2D eigenvalue weighted by Gasteiger charge is -2.23. The molecule has 0 radical (unpaired) electrons. The van der Waals surface area contributed by atoms with Gasteiger partial charge in [0.15, 0.2) is 0 Å². The summed E-state index contributed by atoms with van der Waals surface area (Å²) in [5, 5.41) is 13.2. The topological polar surface area (TPSA) is 49.3 Å². The van der Waals surface area contributed by atoms with Crippen LogP contribution in [-0.4, -0.2) is 23.2 Å². The van der Waals surface area contributed by atoms with E-state index in [2.05, 4.69) is 21.2 Å². The summed E-state index contributed by atoms with van der Waals surface area (Å²) in [6, 6.07) is 5.02. The number of benzene rings is 1. The van der Waals surface area contributed by atoms with Crippen molar-refractivity contribution in [3.63, 3.8) is 0 Å². The first kappa shape index (κ1) is 15.5. The second-order valence-corrected chi connectivity index (χ2v) is 5.84. The number of carbonyl (C=O) groups is 1. The summed E-state index contributed by atoms with van der Waals surface area (Å²) in [5.41, 5.74) is -0.412. The van der Waals surface area contributed by atoms with Crippen molar-refractivity contribution in [3.05, 3.63) is 33.3 Å². The highest BCUT2D eigenvalue weighted by atomic mass is 79.9. The number of halogens is 2. The first-order valence-corrected chi connectivity index (χ1v) is 6.98. The van der Waals surface area contributed by atoms with Gasteiger partial charge in [-0.2, -0.15) is 0 Å². The Morgan fingerprint density at radius 2 is 2.22 bits per heavy atom. The van der Waals surface area contributed by atoms with Crippen molar-refractivity contribution < 1.29 is 9.90 Å². The van der Waals surface area contributed by atoms with Gasteiger partial charge < -0.3 is 10.4 Å². The molecule has 0 aliphatic heterocycles. The van der Waals surface area contributed by atoms with Gasteiger partial charge in [0.25, 0.3) is 5.91 Å². The maximum atomic E-state index is 12.0. The molecule has 0 aromatic heterocycles. The van der Waals surface area contributed by atoms with Gasteiger partial charge in [0.1, 0.15) is 0 Å². The first-order chi connectivity index (χ1) is 8.35. The van der Waals surface area contributed by atoms with Crippen LogP contribution in [0.3, 0.4) is 0 Å². The van der Waals surface area contributed by atoms with Gasteiger partial charge in [0, 0.05) is 16.0 Å². The van der Waals surface area contributed by atoms with Crippen LogP contribution in [-0.2, 0) is 0 Å². The molecule has 18 heavy (non-hydrogen) atoms. The maximum Gasteiger partial charge on any atom is 0.252 e. The zero-order valence-corrected chi connectivity index (χ0v) is 12.8. The lowest BCUT2D eigenvalue weighted by atomic mass is 10.0. The van der Waals surface area contributed by atoms with Gasteiger partial charge in [-0.3, -0.25) is 4.79 Å². The molecule has 100 valence electrons. The Morgan fingerprint density at radius 1 is 1.56 bits per heavy atom. The monoisotopic (exact) mass is 333 g/mol. The SMILES string of the molecule is CCCC(C)(O)CNC(=O)c1cc(Cl)ccc1Br. The van der Waals surface area contributed by atoms with Crippen molar-refractivity contribution in [2.75, 3.05) is 6.54 Å². The number of hydrogen-bond donors (Lipinski definition) is 2. The molecule has 0 aliphatic carbocycles. The Morgan fingerprint density at radius 3 is 2.83 bits per heavy atom. The molecule has 2 N–H and O–H groups in total. The number of hydrogen-bond acceptors (Lipinski definition) is 2. The zero-order chi connectivity index (χ0) is 13.8. The maximum absolute atomic E-state index is 12.0. The quantitative estimate of drug-likeness (QED) is 0.867. The highest BCUT2D eigenvalue weighted by molar-refractivity contribution is 9.10. The highest BCUT2D eigenvalue weighted by Gasteiger charge is 2.21. The molecule has 1 aromatic rings. The van der Waals surface area contributed by atoms with Crippen molar-refractivity contribution in [1.29, 1.82) is 0 Å². The predicted octanol–water partition coefficient (Wildman–Crippen LogP) is 3.38. The van der Waals surface area contributed by atoms with Crippen molar-refractivity contribution in [3.8, 4) is 0 Å². The number of rotatable bonds is 5. The lowest BCUT2D eigenvalue weighted by Crippen LogP contribution is -2.40. The molecule has 1 amide bonds. The fraction of sp³-hybridized carbons (Fsp3) is 0.462. The third kappa shape index (κ3) is 4.59. The summed E-state index contributed by atoms with van der Waals surface area (Å²) in [7, 11) is 0. The molecule has 0 spiro atoms. The second kappa shape index (κ2) is 6.55. The van der Waals surface area contributed by atoms with Crippen LogP contribution in [0.4, 0.5) is 0 Å². The zero-order valence-electron chi connectivity index (χ0n) is 10.5. The standard InChI is InChI=1S/C13H17BrClNO2/c1-3-6-13(2,18)8-16-12(17)10-7-9(15)4-5-11(10)14/h4-5,7,18H,3,6,8H2,1-2H3,(H,16,17). The summed E-state index contributed by atoms with van der Waals surface area (Å²) < 4.78 is 0.680. The van der Waals surface area contributed by atoms with E-state index in [0.29, 0.717) is 21.5 Å². The molecule has 0 fully saturated rings. The Balaban J connectivity index is 2.69. The number of nitrogens with one attached hydrogen (secondary N) is 1. The molecule has 1 atom stereocenters. The Hall–Kier alpha value is -0.580. The van der Waals surface area contributed by atoms with Crippen LogP contribution in [0, 0.1) is 0 Å². The number of carbonyl (C=O) groups excluding carboxylic acids is 1. The van der Waals surface area contributed by atoms with Crippen LogP contribution in [0.1, 0.15) is 37.0 Å². The van der Waals surface area contributed by atoms with Gasteiger partial charge in [-0.1, -0.05) is 24.9 Å². The summed E-state index contributed by atoms with van der Waals surface area (Å²) in [4.78, 5) is 12.0. The van der Waals surface area contributed by atoms with Gasteiger partial charge in [0.2, 0.25) is 0 Å². The van der Waals surface area contributed by atoms with E-state index >= 15 is 0 Å². The van der Waals surface area contributed by atoms with Crippen LogP contribution < -0.4 is 5.32 Å². The minimum atomic E-state index is -0.880. The molecule has 0 bridgehead atoms. The average molecular weight is 335 g/mol. The van der Waals surface area contributed by atoms with E-state index in [0.717, 1.165) is 6.42 Å². The summed E-state index contributed by atoms with van der Waals surface area (Å²) in [6.07, 6.45) is 1.51. The van der Waals surface area contributed by atoms with E-state index in [-0.39, 0.29) is 12.5 Å². The van der Waals surface area contributed by atoms with Crippen molar-refractivity contribution in [2.24, 2.45) is 0 Å². The summed E-state index contributed by atoms with van der Waals surface area (Å²) in [6.45, 7) is 3.92. The number of amides is 1. The summed E-state index contributed by atoms with van der Waals surface area (Å²) >= 11 is 9.15. The van der Waals surface area contributed by atoms with Crippen LogP contribution in [0.25, 0.3) is 0 Å². The van der Waals surface area contributed by atoms with Crippen molar-refractivity contribution in [1.82, 2.24) is 5.32 Å². The van der Waals surface area contributed by atoms with Gasteiger partial charge >= 0.3 is 0 Å². The minimum Gasteiger partial charge on any atom is -0.388 e. The van der Waals surface area contributed by atoms with Gasteiger partial charge in [-0.05, 0) is 47.5 Å². The highest BCUT2D eigenvalue weighted by Crippen LogP contribution is 2.21. The van der Waals surface area contributed by atoms with Crippen LogP contribution >= 0.6 is 27.5 Å². The minimum absolute atomic E-state index is 0.221. The molecule has 3 nitrogen and oxygen atoms in total. The average Bonchev–Trinajstić information content (AvgIpc) is 2.29. The first-order valence-electron chi connectivity index (χ1n) is 5.81. The van der Waals surface area contributed by atoms with E-state index in [9.17, 15) is 9.90 Å². The largest absolute Gasteiger partial charge is 0.388 e. The molecule has 5 heteroatoms. The van der Waals surface area contributed by atoms with Crippen molar-refractivity contribution in [2.45, 2.75) is 32.3 Å². The normalized spacial score (nSPS) is 14.1. The van der Waals surface area contributed by atoms with Crippen molar-refractivity contribution >= 4 is 33.4 Å². The molecule has 0 aliphatic rings. The Kier molecular flexibility index (Phi) is 5.63. The Bertz CT molecular complexity index is 435. The molecular weight excluding hydrogens is 318 g/mol. The van der Waals surface area contributed by atoms with E-state index < -0.39 is 5.60 Å². The van der Waals surface area contributed by atoms with E-state index in [1.165, 1.54) is 0 Å². The molecule has 0 saturated carbocycles. The Labute approximate surface area is 121 Å². The van der Waals surface area contributed by atoms with Crippen LogP contribution in [0.5, 0.6) is 0 Å². The number of aliphatic hydroxyl groups is 1. The predicted molar refractivity (Wildman–Crippen MR) is 77.0 cm³/mol. The third-order valence-electron chi connectivity index (χ3n) is 2.59. The van der Waals surface area contributed by atoms with Gasteiger partial charge in [0.05, 0.1) is 11.2 Å². The molecule has 1 aromatic carbocycles. The summed E-state index contributed by atoms with van der Waals surface area (Å²) in [5.74, 6) is -0.249. The van der Waals surface area contributed by atoms with E-state index in [4.69, 9.17) is 11.6 Å². The smallest absolute Gasteiger partial charge is 0.252 e. The fourth-order valence-corrected chi connectivity index (χ4v) is 2.26.